The summed E-state index contributed by atoms with van der Waals surface area (Å²) >= 11 is 6.30. The molecule has 194 valence electrons. The van der Waals surface area contributed by atoms with Gasteiger partial charge in [-0.15, -0.1) is 0 Å². The van der Waals surface area contributed by atoms with Crippen LogP contribution in [0.25, 0.3) is 0 Å². The topological polar surface area (TPSA) is 87.7 Å². The van der Waals surface area contributed by atoms with Gasteiger partial charge in [-0.3, -0.25) is 14.4 Å². The Balaban J connectivity index is 1.30. The van der Waals surface area contributed by atoms with Crippen molar-refractivity contribution >= 4 is 46.4 Å². The molecule has 1 aliphatic heterocycles. The fourth-order valence-electron chi connectivity index (χ4n) is 4.08. The van der Waals surface area contributed by atoms with Crippen molar-refractivity contribution in [1.29, 1.82) is 0 Å². The zero-order chi connectivity index (χ0) is 27.5. The van der Waals surface area contributed by atoms with Gasteiger partial charge in [0, 0.05) is 16.9 Å². The number of hydrogen-bond donors (Lipinski definition) is 2. The van der Waals surface area contributed by atoms with Crippen LogP contribution < -0.4 is 20.3 Å². The molecule has 4 aromatic rings. The lowest BCUT2D eigenvalue weighted by atomic mass is 10.1. The Hall–Kier alpha value is -4.88. The highest BCUT2D eigenvalue weighted by molar-refractivity contribution is 6.53. The molecule has 5 rings (SSSR count). The van der Waals surface area contributed by atoms with Gasteiger partial charge in [0.25, 0.3) is 17.7 Å². The van der Waals surface area contributed by atoms with E-state index in [2.05, 4.69) is 10.6 Å². The van der Waals surface area contributed by atoms with Gasteiger partial charge in [-0.05, 0) is 85.6 Å². The zero-order valence-corrected chi connectivity index (χ0v) is 22.0. The minimum atomic E-state index is -0.648. The third kappa shape index (κ3) is 5.54. The van der Waals surface area contributed by atoms with Gasteiger partial charge < -0.3 is 15.4 Å². The van der Waals surface area contributed by atoms with Crippen LogP contribution in [0.1, 0.15) is 21.5 Å². The van der Waals surface area contributed by atoms with E-state index < -0.39 is 11.8 Å². The highest BCUT2D eigenvalue weighted by Gasteiger charge is 2.39. The van der Waals surface area contributed by atoms with Gasteiger partial charge in [0.05, 0.1) is 5.69 Å². The van der Waals surface area contributed by atoms with Gasteiger partial charge in [0.2, 0.25) is 0 Å². The molecule has 0 saturated carbocycles. The number of benzene rings is 4. The first-order valence-electron chi connectivity index (χ1n) is 12.2. The van der Waals surface area contributed by atoms with E-state index in [-0.39, 0.29) is 16.6 Å². The molecule has 0 unspecified atom stereocenters. The van der Waals surface area contributed by atoms with E-state index in [1.807, 2.05) is 62.4 Å². The van der Waals surface area contributed by atoms with Crippen LogP contribution in [0.3, 0.4) is 0 Å². The molecule has 0 bridgehead atoms. The molecule has 0 saturated heterocycles. The minimum absolute atomic E-state index is 0.0710. The molecule has 3 amide bonds. The molecule has 4 aromatic carbocycles. The summed E-state index contributed by atoms with van der Waals surface area (Å²) in [6.07, 6.45) is 0. The van der Waals surface area contributed by atoms with Crippen molar-refractivity contribution in [2.75, 3.05) is 15.5 Å². The summed E-state index contributed by atoms with van der Waals surface area (Å²) in [5.74, 6) is -0.338. The lowest BCUT2D eigenvalue weighted by Crippen LogP contribution is -2.32. The number of anilines is 3. The number of nitrogens with zero attached hydrogens (tertiary/aromatic N) is 1. The largest absolute Gasteiger partial charge is 0.457 e. The van der Waals surface area contributed by atoms with Crippen molar-refractivity contribution in [2.45, 2.75) is 13.8 Å². The Morgan fingerprint density at radius 2 is 1.51 bits per heavy atom. The summed E-state index contributed by atoms with van der Waals surface area (Å²) in [7, 11) is 0. The molecule has 0 fully saturated rings. The summed E-state index contributed by atoms with van der Waals surface area (Å²) < 4.78 is 5.78. The lowest BCUT2D eigenvalue weighted by Gasteiger charge is -2.16. The van der Waals surface area contributed by atoms with E-state index in [9.17, 15) is 14.4 Å². The van der Waals surface area contributed by atoms with Crippen LogP contribution in [0, 0.1) is 13.8 Å². The number of halogens is 1. The molecular weight excluding hydrogens is 514 g/mol. The van der Waals surface area contributed by atoms with Crippen LogP contribution in [-0.4, -0.2) is 17.7 Å². The first-order valence-corrected chi connectivity index (χ1v) is 12.5. The van der Waals surface area contributed by atoms with Crippen molar-refractivity contribution < 1.29 is 19.1 Å². The lowest BCUT2D eigenvalue weighted by molar-refractivity contribution is -0.120. The predicted molar refractivity (Wildman–Crippen MR) is 152 cm³/mol. The van der Waals surface area contributed by atoms with E-state index >= 15 is 0 Å². The predicted octanol–water partition coefficient (Wildman–Crippen LogP) is 6.78. The molecule has 0 aliphatic carbocycles. The summed E-state index contributed by atoms with van der Waals surface area (Å²) in [5.41, 5.74) is 3.78. The highest BCUT2D eigenvalue weighted by Crippen LogP contribution is 2.32. The standard InChI is InChI=1S/C31H24ClN3O4/c1-19-11-12-20(2)26(17-19)34-29(36)21-7-6-8-22(18-21)33-28-27(32)30(37)35(31(28)38)23-13-15-25(16-14-23)39-24-9-4-3-5-10-24/h3-18,33H,1-2H3,(H,34,36). The van der Waals surface area contributed by atoms with Crippen LogP contribution in [0.5, 0.6) is 11.5 Å². The van der Waals surface area contributed by atoms with Crippen LogP contribution in [0.2, 0.25) is 0 Å². The monoisotopic (exact) mass is 537 g/mol. The maximum atomic E-state index is 13.2. The molecular formula is C31H24ClN3O4. The average molecular weight is 538 g/mol. The quantitative estimate of drug-likeness (QED) is 0.254. The van der Waals surface area contributed by atoms with E-state index in [0.717, 1.165) is 21.7 Å². The molecule has 0 aromatic heterocycles. The van der Waals surface area contributed by atoms with Crippen molar-refractivity contribution in [3.63, 3.8) is 0 Å². The summed E-state index contributed by atoms with van der Waals surface area (Å²) in [6, 6.07) is 28.2. The number of para-hydroxylation sites is 1. The van der Waals surface area contributed by atoms with E-state index in [1.54, 1.807) is 48.5 Å². The van der Waals surface area contributed by atoms with Crippen molar-refractivity contribution in [2.24, 2.45) is 0 Å². The molecule has 0 radical (unpaired) electrons. The fraction of sp³-hybridized carbons (Fsp3) is 0.0645. The summed E-state index contributed by atoms with van der Waals surface area (Å²) in [6.45, 7) is 3.87. The number of aryl methyl sites for hydroxylation is 2. The number of carbonyl (C=O) groups excluding carboxylic acids is 3. The van der Waals surface area contributed by atoms with Crippen molar-refractivity contribution in [1.82, 2.24) is 0 Å². The second kappa shape index (κ2) is 10.8. The van der Waals surface area contributed by atoms with Crippen LogP contribution >= 0.6 is 11.6 Å². The number of amides is 3. The van der Waals surface area contributed by atoms with E-state index in [1.165, 1.54) is 0 Å². The van der Waals surface area contributed by atoms with E-state index in [0.29, 0.717) is 28.4 Å². The minimum Gasteiger partial charge on any atom is -0.457 e. The van der Waals surface area contributed by atoms with E-state index in [4.69, 9.17) is 16.3 Å². The summed E-state index contributed by atoms with van der Waals surface area (Å²) in [5, 5.41) is 5.60. The number of carbonyl (C=O) groups is 3. The maximum absolute atomic E-state index is 13.2. The number of ether oxygens (including phenoxy) is 1. The van der Waals surface area contributed by atoms with Gasteiger partial charge in [-0.1, -0.05) is 48.0 Å². The average Bonchev–Trinajstić information content (AvgIpc) is 3.15. The number of rotatable bonds is 7. The van der Waals surface area contributed by atoms with Crippen LogP contribution in [0.15, 0.2) is 108 Å². The normalized spacial score (nSPS) is 13.1. The van der Waals surface area contributed by atoms with Gasteiger partial charge in [0.1, 0.15) is 22.2 Å². The smallest absolute Gasteiger partial charge is 0.283 e. The summed E-state index contributed by atoms with van der Waals surface area (Å²) in [4.78, 5) is 40.0. The van der Waals surface area contributed by atoms with Crippen molar-refractivity contribution in [3.05, 3.63) is 124 Å². The first kappa shape index (κ1) is 25.8. The van der Waals surface area contributed by atoms with Crippen LogP contribution in [-0.2, 0) is 9.59 Å². The van der Waals surface area contributed by atoms with Crippen LogP contribution in [0.4, 0.5) is 17.1 Å². The van der Waals surface area contributed by atoms with Gasteiger partial charge >= 0.3 is 0 Å². The molecule has 1 heterocycles. The Bertz CT molecular complexity index is 1610. The maximum Gasteiger partial charge on any atom is 0.283 e. The second-order valence-electron chi connectivity index (χ2n) is 9.02. The fourth-order valence-corrected chi connectivity index (χ4v) is 4.29. The zero-order valence-electron chi connectivity index (χ0n) is 21.2. The molecule has 2 N–H and O–H groups in total. The Kier molecular flexibility index (Phi) is 7.17. The molecule has 1 aliphatic rings. The van der Waals surface area contributed by atoms with Crippen molar-refractivity contribution in [3.8, 4) is 11.5 Å². The third-order valence-corrected chi connectivity index (χ3v) is 6.49. The second-order valence-corrected chi connectivity index (χ2v) is 9.40. The van der Waals surface area contributed by atoms with Gasteiger partial charge in [-0.2, -0.15) is 0 Å². The Morgan fingerprint density at radius 1 is 0.795 bits per heavy atom. The molecule has 7 nitrogen and oxygen atoms in total. The SMILES string of the molecule is Cc1ccc(C)c(NC(=O)c2cccc(NC3=C(Cl)C(=O)N(c4ccc(Oc5ccccc5)cc4)C3=O)c2)c1. The molecule has 0 atom stereocenters. The number of hydrogen-bond acceptors (Lipinski definition) is 5. The Morgan fingerprint density at radius 3 is 2.26 bits per heavy atom. The highest BCUT2D eigenvalue weighted by atomic mass is 35.5. The number of imide groups is 1. The first-order chi connectivity index (χ1) is 18.8. The van der Waals surface area contributed by atoms with Gasteiger partial charge in [0.15, 0.2) is 0 Å². The number of nitrogens with one attached hydrogen (secondary N) is 2. The Labute approximate surface area is 230 Å². The molecule has 0 spiro atoms. The van der Waals surface area contributed by atoms with Gasteiger partial charge in [-0.25, -0.2) is 4.90 Å². The molecule has 39 heavy (non-hydrogen) atoms. The molecule has 8 heteroatoms. The third-order valence-electron chi connectivity index (χ3n) is 6.14.